The van der Waals surface area contributed by atoms with Crippen molar-refractivity contribution in [1.82, 2.24) is 0 Å². The largest absolute Gasteiger partial charge is 0.469 e. The van der Waals surface area contributed by atoms with Crippen molar-refractivity contribution < 1.29 is 19.7 Å². The van der Waals surface area contributed by atoms with Crippen molar-refractivity contribution in [3.05, 3.63) is 0 Å². The van der Waals surface area contributed by atoms with Gasteiger partial charge in [0.05, 0.1) is 7.11 Å². The second-order valence-corrected chi connectivity index (χ2v) is 3.36. The van der Waals surface area contributed by atoms with Gasteiger partial charge < -0.3 is 14.9 Å². The summed E-state index contributed by atoms with van der Waals surface area (Å²) in [7, 11) is 1.39. The molecule has 0 bridgehead atoms. The van der Waals surface area contributed by atoms with Crippen LogP contribution in [0.3, 0.4) is 0 Å². The van der Waals surface area contributed by atoms with Gasteiger partial charge in [-0.3, -0.25) is 4.79 Å². The highest BCUT2D eigenvalue weighted by Crippen LogP contribution is 2.08. The van der Waals surface area contributed by atoms with E-state index in [1.165, 1.54) is 7.11 Å². The smallest absolute Gasteiger partial charge is 0.305 e. The number of ether oxygens (including phenoxy) is 1. The molecule has 0 radical (unpaired) electrons. The third kappa shape index (κ3) is 9.48. The van der Waals surface area contributed by atoms with Gasteiger partial charge in [-0.1, -0.05) is 19.3 Å². The summed E-state index contributed by atoms with van der Waals surface area (Å²) >= 11 is 0. The number of unbranched alkanes of at least 4 members (excludes halogenated alkanes) is 4. The molecular weight excluding hydrogens is 184 g/mol. The van der Waals surface area contributed by atoms with Crippen LogP contribution in [0.2, 0.25) is 0 Å². The second-order valence-electron chi connectivity index (χ2n) is 3.36. The SMILES string of the molecule is COC(=O)CCCCCCCC(O)O. The Labute approximate surface area is 84.9 Å². The summed E-state index contributed by atoms with van der Waals surface area (Å²) in [5.74, 6) is -0.157. The van der Waals surface area contributed by atoms with E-state index >= 15 is 0 Å². The zero-order chi connectivity index (χ0) is 10.8. The molecule has 0 amide bonds. The van der Waals surface area contributed by atoms with E-state index in [1.807, 2.05) is 0 Å². The monoisotopic (exact) mass is 204 g/mol. The van der Waals surface area contributed by atoms with Gasteiger partial charge >= 0.3 is 5.97 Å². The van der Waals surface area contributed by atoms with Gasteiger partial charge in [0, 0.05) is 6.42 Å². The van der Waals surface area contributed by atoms with Crippen LogP contribution in [0.1, 0.15) is 44.9 Å². The summed E-state index contributed by atoms with van der Waals surface area (Å²) in [6.07, 6.45) is 4.45. The third-order valence-corrected chi connectivity index (χ3v) is 2.07. The lowest BCUT2D eigenvalue weighted by molar-refractivity contribution is -0.140. The summed E-state index contributed by atoms with van der Waals surface area (Å²) in [4.78, 5) is 10.7. The molecule has 0 saturated heterocycles. The molecule has 0 aliphatic heterocycles. The molecule has 0 rings (SSSR count). The summed E-state index contributed by atoms with van der Waals surface area (Å²) in [6, 6.07) is 0. The molecule has 0 saturated carbocycles. The van der Waals surface area contributed by atoms with Gasteiger partial charge in [0.1, 0.15) is 0 Å². The molecule has 0 aliphatic carbocycles. The number of hydrogen-bond acceptors (Lipinski definition) is 4. The Hall–Kier alpha value is -0.610. The van der Waals surface area contributed by atoms with E-state index < -0.39 is 6.29 Å². The number of esters is 1. The Morgan fingerprint density at radius 1 is 1.14 bits per heavy atom. The second kappa shape index (κ2) is 8.97. The fourth-order valence-corrected chi connectivity index (χ4v) is 1.23. The summed E-state index contributed by atoms with van der Waals surface area (Å²) < 4.78 is 4.50. The molecule has 0 fully saturated rings. The average molecular weight is 204 g/mol. The van der Waals surface area contributed by atoms with Crippen LogP contribution in [0.25, 0.3) is 0 Å². The van der Waals surface area contributed by atoms with Crippen LogP contribution in [-0.2, 0) is 9.53 Å². The molecule has 4 heteroatoms. The molecule has 4 nitrogen and oxygen atoms in total. The lowest BCUT2D eigenvalue weighted by Gasteiger charge is -2.03. The van der Waals surface area contributed by atoms with Crippen LogP contribution in [0.4, 0.5) is 0 Å². The lowest BCUT2D eigenvalue weighted by Crippen LogP contribution is -2.03. The zero-order valence-electron chi connectivity index (χ0n) is 8.74. The average Bonchev–Trinajstić information content (AvgIpc) is 2.15. The molecule has 0 aromatic heterocycles. The van der Waals surface area contributed by atoms with Crippen molar-refractivity contribution in [3.63, 3.8) is 0 Å². The Balaban J connectivity index is 3.03. The molecule has 0 atom stereocenters. The van der Waals surface area contributed by atoms with Crippen LogP contribution in [-0.4, -0.2) is 29.6 Å². The van der Waals surface area contributed by atoms with Crippen molar-refractivity contribution in [3.8, 4) is 0 Å². The maximum absolute atomic E-state index is 10.7. The van der Waals surface area contributed by atoms with Crippen molar-refractivity contribution in [1.29, 1.82) is 0 Å². The highest BCUT2D eigenvalue weighted by Gasteiger charge is 2.00. The molecule has 0 aliphatic rings. The van der Waals surface area contributed by atoms with Gasteiger partial charge in [0.2, 0.25) is 0 Å². The normalized spacial score (nSPS) is 10.6. The lowest BCUT2D eigenvalue weighted by atomic mass is 10.1. The predicted octanol–water partition coefficient (Wildman–Crippen LogP) is 1.20. The minimum Gasteiger partial charge on any atom is -0.469 e. The van der Waals surface area contributed by atoms with Crippen LogP contribution in [0.5, 0.6) is 0 Å². The Kier molecular flexibility index (Phi) is 8.57. The molecule has 0 heterocycles. The summed E-state index contributed by atoms with van der Waals surface area (Å²) in [5, 5.41) is 17.1. The molecule has 14 heavy (non-hydrogen) atoms. The minimum atomic E-state index is -1.18. The van der Waals surface area contributed by atoms with E-state index in [0.29, 0.717) is 12.8 Å². The van der Waals surface area contributed by atoms with Gasteiger partial charge in [-0.25, -0.2) is 0 Å². The van der Waals surface area contributed by atoms with Crippen molar-refractivity contribution in [2.24, 2.45) is 0 Å². The van der Waals surface area contributed by atoms with Gasteiger partial charge in [-0.15, -0.1) is 0 Å². The van der Waals surface area contributed by atoms with Crippen molar-refractivity contribution >= 4 is 5.97 Å². The first kappa shape index (κ1) is 13.4. The van der Waals surface area contributed by atoms with Crippen LogP contribution in [0.15, 0.2) is 0 Å². The molecule has 84 valence electrons. The number of aliphatic hydroxyl groups is 2. The van der Waals surface area contributed by atoms with Crippen molar-refractivity contribution in [2.45, 2.75) is 51.2 Å². The zero-order valence-corrected chi connectivity index (χ0v) is 8.74. The van der Waals surface area contributed by atoms with Crippen LogP contribution < -0.4 is 0 Å². The van der Waals surface area contributed by atoms with E-state index in [1.54, 1.807) is 0 Å². The Bertz CT molecular complexity index is 145. The highest BCUT2D eigenvalue weighted by molar-refractivity contribution is 5.68. The van der Waals surface area contributed by atoms with Gasteiger partial charge in [0.15, 0.2) is 6.29 Å². The maximum Gasteiger partial charge on any atom is 0.305 e. The topological polar surface area (TPSA) is 66.8 Å². The maximum atomic E-state index is 10.7. The quantitative estimate of drug-likeness (QED) is 0.354. The summed E-state index contributed by atoms with van der Waals surface area (Å²) in [6.45, 7) is 0. The van der Waals surface area contributed by atoms with Gasteiger partial charge in [-0.05, 0) is 19.3 Å². The van der Waals surface area contributed by atoms with E-state index in [0.717, 1.165) is 32.1 Å². The number of aliphatic hydroxyl groups excluding tert-OH is 1. The molecule has 0 unspecified atom stereocenters. The number of methoxy groups -OCH3 is 1. The number of rotatable bonds is 8. The van der Waals surface area contributed by atoms with Gasteiger partial charge in [-0.2, -0.15) is 0 Å². The molecular formula is C10H20O4. The fraction of sp³-hybridized carbons (Fsp3) is 0.900. The van der Waals surface area contributed by atoms with E-state index in [4.69, 9.17) is 10.2 Å². The number of hydrogen-bond donors (Lipinski definition) is 2. The van der Waals surface area contributed by atoms with E-state index in [-0.39, 0.29) is 5.97 Å². The third-order valence-electron chi connectivity index (χ3n) is 2.07. The first-order chi connectivity index (χ1) is 6.66. The van der Waals surface area contributed by atoms with E-state index in [2.05, 4.69) is 4.74 Å². The molecule has 2 N–H and O–H groups in total. The Morgan fingerprint density at radius 2 is 1.71 bits per heavy atom. The predicted molar refractivity (Wildman–Crippen MR) is 52.6 cm³/mol. The fourth-order valence-electron chi connectivity index (χ4n) is 1.23. The molecule has 0 aromatic rings. The number of carbonyl (C=O) groups is 1. The highest BCUT2D eigenvalue weighted by atomic mass is 16.5. The first-order valence-electron chi connectivity index (χ1n) is 5.09. The van der Waals surface area contributed by atoms with Crippen LogP contribution in [0, 0.1) is 0 Å². The first-order valence-corrected chi connectivity index (χ1v) is 5.09. The number of carbonyl (C=O) groups excluding carboxylic acids is 1. The summed E-state index contributed by atoms with van der Waals surface area (Å²) in [5.41, 5.74) is 0. The van der Waals surface area contributed by atoms with Crippen LogP contribution >= 0.6 is 0 Å². The standard InChI is InChI=1S/C10H20O4/c1-14-10(13)8-6-4-2-3-5-7-9(11)12/h9,11-12H,2-8H2,1H3. The van der Waals surface area contributed by atoms with Crippen molar-refractivity contribution in [2.75, 3.05) is 7.11 Å². The molecule has 0 aromatic carbocycles. The molecule has 0 spiro atoms. The van der Waals surface area contributed by atoms with Gasteiger partial charge in [0.25, 0.3) is 0 Å². The van der Waals surface area contributed by atoms with E-state index in [9.17, 15) is 4.79 Å². The minimum absolute atomic E-state index is 0.157. The Morgan fingerprint density at radius 3 is 2.29 bits per heavy atom.